The molecule has 0 aliphatic carbocycles. The van der Waals surface area contributed by atoms with Crippen LogP contribution in [0, 0.1) is 0 Å². The lowest BCUT2D eigenvalue weighted by Crippen LogP contribution is -2.74. The van der Waals surface area contributed by atoms with E-state index in [0.717, 1.165) is 20.8 Å². The number of hydrogen-bond acceptors (Lipinski definition) is 9. The topological polar surface area (TPSA) is 152 Å². The van der Waals surface area contributed by atoms with Gasteiger partial charge in [0.1, 0.15) is 12.2 Å². The summed E-state index contributed by atoms with van der Waals surface area (Å²) in [6, 6.07) is 0. The number of carbonyl (C=O) groups is 3. The van der Waals surface area contributed by atoms with Crippen molar-refractivity contribution in [3.05, 3.63) is 0 Å². The molecule has 1 heterocycles. The molecule has 0 aromatic carbocycles. The zero-order valence-electron chi connectivity index (χ0n) is 12.3. The summed E-state index contributed by atoms with van der Waals surface area (Å²) < 4.78 is 14.7. The fourth-order valence-electron chi connectivity index (χ4n) is 2.10. The average Bonchev–Trinajstić information content (AvgIpc) is 2.36. The summed E-state index contributed by atoms with van der Waals surface area (Å²) in [7, 11) is 0. The first kappa shape index (κ1) is 18.3. The maximum atomic E-state index is 11.3. The molecular weight excluding hydrogens is 302 g/mol. The van der Waals surface area contributed by atoms with Crippen LogP contribution >= 0.6 is 0 Å². The van der Waals surface area contributed by atoms with E-state index in [4.69, 9.17) is 14.2 Å². The first-order valence-corrected chi connectivity index (χ1v) is 6.41. The number of nitrogens with one attached hydrogen (secondary N) is 1. The van der Waals surface area contributed by atoms with Crippen LogP contribution in [0.5, 0.6) is 0 Å². The molecule has 1 rings (SSSR count). The molecule has 0 saturated carbocycles. The molecule has 1 saturated heterocycles. The Morgan fingerprint density at radius 2 is 1.73 bits per heavy atom. The minimum Gasteiger partial charge on any atom is -0.454 e. The summed E-state index contributed by atoms with van der Waals surface area (Å²) in [4.78, 5) is 33.6. The summed E-state index contributed by atoms with van der Waals surface area (Å²) in [6.07, 6.45) is -6.48. The van der Waals surface area contributed by atoms with Gasteiger partial charge in [-0.05, 0) is 0 Å². The minimum atomic E-state index is -2.52. The zero-order valence-corrected chi connectivity index (χ0v) is 12.3. The number of aliphatic hydroxyl groups is 3. The number of amides is 1. The SMILES string of the molecule is CC(=O)N[C@]1(O)C(OC(C)=O)O[C@H](CO)[C@@H](O)[C@@H]1OC(C)=O. The Morgan fingerprint density at radius 3 is 2.14 bits per heavy atom. The normalized spacial score (nSPS) is 34.6. The summed E-state index contributed by atoms with van der Waals surface area (Å²) in [6.45, 7) is 2.40. The van der Waals surface area contributed by atoms with Crippen molar-refractivity contribution in [2.75, 3.05) is 6.61 Å². The molecule has 0 bridgehead atoms. The van der Waals surface area contributed by atoms with Gasteiger partial charge < -0.3 is 34.8 Å². The van der Waals surface area contributed by atoms with E-state index < -0.39 is 54.8 Å². The van der Waals surface area contributed by atoms with Gasteiger partial charge in [0.05, 0.1) is 6.61 Å². The van der Waals surface area contributed by atoms with Gasteiger partial charge in [0.2, 0.25) is 11.6 Å². The fourth-order valence-corrected chi connectivity index (χ4v) is 2.10. The molecule has 10 heteroatoms. The summed E-state index contributed by atoms with van der Waals surface area (Å²) >= 11 is 0. The lowest BCUT2D eigenvalue weighted by atomic mass is 9.93. The molecule has 0 radical (unpaired) electrons. The smallest absolute Gasteiger partial charge is 0.305 e. The Kier molecular flexibility index (Phi) is 5.83. The third-order valence-corrected chi connectivity index (χ3v) is 2.90. The largest absolute Gasteiger partial charge is 0.454 e. The van der Waals surface area contributed by atoms with Crippen LogP contribution in [0.1, 0.15) is 20.8 Å². The Morgan fingerprint density at radius 1 is 1.18 bits per heavy atom. The molecule has 0 aromatic heterocycles. The third kappa shape index (κ3) is 3.91. The molecule has 0 spiro atoms. The monoisotopic (exact) mass is 321 g/mol. The molecule has 1 unspecified atom stereocenters. The molecule has 1 fully saturated rings. The van der Waals surface area contributed by atoms with Crippen LogP contribution < -0.4 is 5.32 Å². The molecule has 0 aromatic rings. The Balaban J connectivity index is 3.24. The van der Waals surface area contributed by atoms with Crippen LogP contribution in [0.25, 0.3) is 0 Å². The number of esters is 2. The first-order valence-electron chi connectivity index (χ1n) is 6.41. The van der Waals surface area contributed by atoms with Crippen LogP contribution in [-0.2, 0) is 28.6 Å². The van der Waals surface area contributed by atoms with Gasteiger partial charge in [-0.15, -0.1) is 0 Å². The predicted molar refractivity (Wildman–Crippen MR) is 67.8 cm³/mol. The second-order valence-electron chi connectivity index (χ2n) is 4.83. The molecule has 10 nitrogen and oxygen atoms in total. The van der Waals surface area contributed by atoms with Gasteiger partial charge in [0.25, 0.3) is 6.29 Å². The van der Waals surface area contributed by atoms with Gasteiger partial charge in [0, 0.05) is 20.8 Å². The lowest BCUT2D eigenvalue weighted by Gasteiger charge is -2.47. The summed E-state index contributed by atoms with van der Waals surface area (Å²) in [5.41, 5.74) is -2.52. The van der Waals surface area contributed by atoms with Crippen LogP contribution in [-0.4, -0.2) is 70.1 Å². The highest BCUT2D eigenvalue weighted by Gasteiger charge is 2.59. The second kappa shape index (κ2) is 7.01. The van der Waals surface area contributed by atoms with E-state index in [0.29, 0.717) is 0 Å². The predicted octanol–water partition coefficient (Wildman–Crippen LogP) is -2.62. The molecule has 5 atom stereocenters. The average molecular weight is 321 g/mol. The second-order valence-corrected chi connectivity index (χ2v) is 4.83. The maximum absolute atomic E-state index is 11.3. The molecule has 1 aliphatic heterocycles. The quantitative estimate of drug-likeness (QED) is 0.322. The highest BCUT2D eigenvalue weighted by molar-refractivity contribution is 5.74. The van der Waals surface area contributed by atoms with Crippen molar-refractivity contribution in [2.45, 2.75) is 51.1 Å². The molecular formula is C12H19NO9. The van der Waals surface area contributed by atoms with E-state index in [-0.39, 0.29) is 0 Å². The zero-order chi connectivity index (χ0) is 17.1. The van der Waals surface area contributed by atoms with Crippen LogP contribution in [0.3, 0.4) is 0 Å². The van der Waals surface area contributed by atoms with Crippen LogP contribution in [0.2, 0.25) is 0 Å². The summed E-state index contributed by atoms with van der Waals surface area (Å²) in [5, 5.41) is 31.9. The molecule has 4 N–H and O–H groups in total. The van der Waals surface area contributed by atoms with Crippen LogP contribution in [0.4, 0.5) is 0 Å². The Hall–Kier alpha value is -1.75. The van der Waals surface area contributed by atoms with Gasteiger partial charge in [-0.25, -0.2) is 0 Å². The van der Waals surface area contributed by atoms with Crippen molar-refractivity contribution in [3.8, 4) is 0 Å². The standard InChI is InChI=1S/C12H19NO9/c1-5(15)13-12(19)10(20-6(2)16)9(18)8(4-14)22-11(12)21-7(3)17/h8-11,14,18-19H,4H2,1-3H3,(H,13,15)/t8-,9-,10+,11?,12-/m1/s1. The van der Waals surface area contributed by atoms with Crippen molar-refractivity contribution in [2.24, 2.45) is 0 Å². The van der Waals surface area contributed by atoms with Crippen molar-refractivity contribution in [3.63, 3.8) is 0 Å². The Bertz CT molecular complexity index is 454. The Labute approximate surface area is 126 Å². The van der Waals surface area contributed by atoms with Crippen LogP contribution in [0.15, 0.2) is 0 Å². The number of aliphatic hydroxyl groups excluding tert-OH is 2. The third-order valence-electron chi connectivity index (χ3n) is 2.90. The van der Waals surface area contributed by atoms with E-state index in [1.807, 2.05) is 5.32 Å². The van der Waals surface area contributed by atoms with Gasteiger partial charge in [-0.2, -0.15) is 0 Å². The van der Waals surface area contributed by atoms with E-state index in [9.17, 15) is 29.7 Å². The number of rotatable bonds is 4. The molecule has 1 amide bonds. The molecule has 22 heavy (non-hydrogen) atoms. The van der Waals surface area contributed by atoms with Gasteiger partial charge in [-0.3, -0.25) is 14.4 Å². The van der Waals surface area contributed by atoms with Crippen molar-refractivity contribution in [1.82, 2.24) is 5.32 Å². The fraction of sp³-hybridized carbons (Fsp3) is 0.750. The van der Waals surface area contributed by atoms with Gasteiger partial charge in [0.15, 0.2) is 6.10 Å². The summed E-state index contributed by atoms with van der Waals surface area (Å²) in [5.74, 6) is -2.48. The van der Waals surface area contributed by atoms with Gasteiger partial charge >= 0.3 is 11.9 Å². The molecule has 126 valence electrons. The number of hydrogen-bond donors (Lipinski definition) is 4. The van der Waals surface area contributed by atoms with Crippen molar-refractivity contribution < 1.29 is 43.9 Å². The van der Waals surface area contributed by atoms with Crippen molar-refractivity contribution in [1.29, 1.82) is 0 Å². The number of ether oxygens (including phenoxy) is 3. The van der Waals surface area contributed by atoms with E-state index in [1.165, 1.54) is 0 Å². The highest BCUT2D eigenvalue weighted by Crippen LogP contribution is 2.31. The lowest BCUT2D eigenvalue weighted by molar-refractivity contribution is -0.339. The first-order chi connectivity index (χ1) is 10.1. The molecule has 1 aliphatic rings. The number of carbonyl (C=O) groups excluding carboxylic acids is 3. The highest BCUT2D eigenvalue weighted by atomic mass is 16.7. The van der Waals surface area contributed by atoms with E-state index in [2.05, 4.69) is 0 Å². The van der Waals surface area contributed by atoms with Gasteiger partial charge in [-0.1, -0.05) is 0 Å². The minimum absolute atomic E-state index is 0.702. The van der Waals surface area contributed by atoms with Crippen molar-refractivity contribution >= 4 is 17.8 Å². The van der Waals surface area contributed by atoms with E-state index in [1.54, 1.807) is 0 Å². The van der Waals surface area contributed by atoms with E-state index >= 15 is 0 Å². The maximum Gasteiger partial charge on any atom is 0.305 e.